The van der Waals surface area contributed by atoms with E-state index in [-0.39, 0.29) is 29.8 Å². The number of hydrogen-bond acceptors (Lipinski definition) is 4. The number of morpholine rings is 1. The molecule has 0 bridgehead atoms. The maximum Gasteiger partial charge on any atom is 0.227 e. The van der Waals surface area contributed by atoms with Crippen molar-refractivity contribution in [3.05, 3.63) is 0 Å². The summed E-state index contributed by atoms with van der Waals surface area (Å²) in [6.45, 7) is 4.00. The van der Waals surface area contributed by atoms with Gasteiger partial charge in [-0.3, -0.25) is 9.59 Å². The van der Waals surface area contributed by atoms with Crippen LogP contribution in [0.15, 0.2) is 0 Å². The van der Waals surface area contributed by atoms with Gasteiger partial charge < -0.3 is 19.3 Å². The maximum absolute atomic E-state index is 12.9. The molecule has 1 saturated carbocycles. The van der Waals surface area contributed by atoms with E-state index >= 15 is 0 Å². The summed E-state index contributed by atoms with van der Waals surface area (Å²) in [5, 5.41) is 0. The summed E-state index contributed by atoms with van der Waals surface area (Å²) in [5.41, 5.74) is 0. The summed E-state index contributed by atoms with van der Waals surface area (Å²) in [6.07, 6.45) is 5.92. The number of hydrogen-bond donors (Lipinski definition) is 0. The molecule has 2 aliphatic heterocycles. The van der Waals surface area contributed by atoms with Crippen LogP contribution in [0.5, 0.6) is 0 Å². The molecule has 136 valence electrons. The van der Waals surface area contributed by atoms with Crippen LogP contribution in [0.1, 0.15) is 38.5 Å². The van der Waals surface area contributed by atoms with Gasteiger partial charge in [0.1, 0.15) is 0 Å². The van der Waals surface area contributed by atoms with E-state index in [9.17, 15) is 9.59 Å². The van der Waals surface area contributed by atoms with Crippen LogP contribution < -0.4 is 0 Å². The molecule has 0 radical (unpaired) electrons. The first-order valence-electron chi connectivity index (χ1n) is 9.37. The molecule has 0 aromatic rings. The van der Waals surface area contributed by atoms with Crippen LogP contribution in [0.4, 0.5) is 0 Å². The van der Waals surface area contributed by atoms with E-state index in [1.807, 2.05) is 9.80 Å². The van der Waals surface area contributed by atoms with Gasteiger partial charge in [0.2, 0.25) is 11.8 Å². The Morgan fingerprint density at radius 3 is 2.38 bits per heavy atom. The van der Waals surface area contributed by atoms with E-state index in [1.165, 1.54) is 0 Å². The fourth-order valence-electron chi connectivity index (χ4n) is 4.26. The fourth-order valence-corrected chi connectivity index (χ4v) is 4.26. The Kier molecular flexibility index (Phi) is 6.11. The minimum Gasteiger partial charge on any atom is -0.381 e. The summed E-state index contributed by atoms with van der Waals surface area (Å²) >= 11 is 0. The molecule has 6 heteroatoms. The van der Waals surface area contributed by atoms with E-state index in [4.69, 9.17) is 9.47 Å². The Morgan fingerprint density at radius 2 is 1.62 bits per heavy atom. The predicted octanol–water partition coefficient (Wildman–Crippen LogP) is 1.29. The Hall–Kier alpha value is -1.14. The van der Waals surface area contributed by atoms with Gasteiger partial charge in [0, 0.05) is 39.2 Å². The van der Waals surface area contributed by atoms with Gasteiger partial charge >= 0.3 is 0 Å². The molecule has 24 heavy (non-hydrogen) atoms. The van der Waals surface area contributed by atoms with E-state index in [1.54, 1.807) is 7.11 Å². The minimum absolute atomic E-state index is 0.0392. The number of ether oxygens (including phenoxy) is 2. The molecule has 0 spiro atoms. The third-order valence-corrected chi connectivity index (χ3v) is 5.71. The average molecular weight is 338 g/mol. The van der Waals surface area contributed by atoms with Gasteiger partial charge in [-0.05, 0) is 32.1 Å². The Balaban J connectivity index is 1.56. The van der Waals surface area contributed by atoms with Gasteiger partial charge in [0.15, 0.2) is 0 Å². The maximum atomic E-state index is 12.9. The molecule has 6 nitrogen and oxygen atoms in total. The van der Waals surface area contributed by atoms with Crippen molar-refractivity contribution in [2.45, 2.75) is 44.6 Å². The van der Waals surface area contributed by atoms with Crippen molar-refractivity contribution in [2.75, 3.05) is 46.5 Å². The quantitative estimate of drug-likeness (QED) is 0.778. The molecule has 3 fully saturated rings. The standard InChI is InChI=1S/C18H30N2O4/c1-23-16-6-2-4-14(12-16)17(21)20-7-3-5-15(13-20)18(22)19-8-10-24-11-9-19/h14-16H,2-13H2,1H3. The predicted molar refractivity (Wildman–Crippen MR) is 89.5 cm³/mol. The molecule has 3 unspecified atom stereocenters. The number of amides is 2. The number of piperidine rings is 1. The second kappa shape index (κ2) is 8.30. The van der Waals surface area contributed by atoms with Crippen LogP contribution in [-0.4, -0.2) is 74.2 Å². The van der Waals surface area contributed by atoms with Gasteiger partial charge in [0.05, 0.1) is 25.2 Å². The normalized spacial score (nSPS) is 31.8. The number of carbonyl (C=O) groups is 2. The minimum atomic E-state index is -0.0392. The van der Waals surface area contributed by atoms with Gasteiger partial charge in [-0.1, -0.05) is 6.42 Å². The Bertz CT molecular complexity index is 450. The number of nitrogens with zero attached hydrogens (tertiary/aromatic N) is 2. The lowest BCUT2D eigenvalue weighted by Gasteiger charge is -2.38. The van der Waals surface area contributed by atoms with E-state index < -0.39 is 0 Å². The van der Waals surface area contributed by atoms with Crippen LogP contribution in [0.3, 0.4) is 0 Å². The average Bonchev–Trinajstić information content (AvgIpc) is 2.67. The topological polar surface area (TPSA) is 59.1 Å². The first kappa shape index (κ1) is 17.7. The first-order valence-corrected chi connectivity index (χ1v) is 9.37. The molecule has 3 atom stereocenters. The molecule has 3 rings (SSSR count). The Morgan fingerprint density at radius 1 is 0.917 bits per heavy atom. The summed E-state index contributed by atoms with van der Waals surface area (Å²) in [6, 6.07) is 0. The SMILES string of the molecule is COC1CCCC(C(=O)N2CCCC(C(=O)N3CCOCC3)C2)C1. The monoisotopic (exact) mass is 338 g/mol. The van der Waals surface area contributed by atoms with Crippen molar-refractivity contribution in [3.8, 4) is 0 Å². The lowest BCUT2D eigenvalue weighted by Crippen LogP contribution is -2.50. The first-order chi connectivity index (χ1) is 11.7. The second-order valence-corrected chi connectivity index (χ2v) is 7.28. The van der Waals surface area contributed by atoms with Crippen LogP contribution in [0.25, 0.3) is 0 Å². The molecule has 1 aliphatic carbocycles. The highest BCUT2D eigenvalue weighted by molar-refractivity contribution is 5.82. The molecule has 0 N–H and O–H groups in total. The zero-order valence-corrected chi connectivity index (χ0v) is 14.7. The number of carbonyl (C=O) groups excluding carboxylic acids is 2. The largest absolute Gasteiger partial charge is 0.381 e. The van der Waals surface area contributed by atoms with Crippen LogP contribution in [0, 0.1) is 11.8 Å². The van der Waals surface area contributed by atoms with E-state index in [0.717, 1.165) is 45.1 Å². The van der Waals surface area contributed by atoms with Gasteiger partial charge in [-0.25, -0.2) is 0 Å². The van der Waals surface area contributed by atoms with Crippen molar-refractivity contribution < 1.29 is 19.1 Å². The number of rotatable bonds is 3. The summed E-state index contributed by atoms with van der Waals surface area (Å²) in [5.74, 6) is 0.467. The molecule has 0 aromatic carbocycles. The van der Waals surface area contributed by atoms with Crippen LogP contribution in [-0.2, 0) is 19.1 Å². The smallest absolute Gasteiger partial charge is 0.227 e. The number of likely N-dealkylation sites (tertiary alicyclic amines) is 1. The number of methoxy groups -OCH3 is 1. The van der Waals surface area contributed by atoms with E-state index in [2.05, 4.69) is 0 Å². The third kappa shape index (κ3) is 4.09. The molecule has 0 aromatic heterocycles. The summed E-state index contributed by atoms with van der Waals surface area (Å²) in [7, 11) is 1.73. The van der Waals surface area contributed by atoms with Crippen molar-refractivity contribution >= 4 is 11.8 Å². The van der Waals surface area contributed by atoms with Crippen molar-refractivity contribution in [2.24, 2.45) is 11.8 Å². The molecule has 2 saturated heterocycles. The third-order valence-electron chi connectivity index (χ3n) is 5.71. The summed E-state index contributed by atoms with van der Waals surface area (Å²) in [4.78, 5) is 29.4. The highest BCUT2D eigenvalue weighted by Gasteiger charge is 2.35. The van der Waals surface area contributed by atoms with Crippen molar-refractivity contribution in [1.29, 1.82) is 0 Å². The highest BCUT2D eigenvalue weighted by atomic mass is 16.5. The fraction of sp³-hybridized carbons (Fsp3) is 0.889. The van der Waals surface area contributed by atoms with Gasteiger partial charge in [-0.2, -0.15) is 0 Å². The second-order valence-electron chi connectivity index (χ2n) is 7.28. The molecular weight excluding hydrogens is 308 g/mol. The lowest BCUT2D eigenvalue weighted by atomic mass is 9.85. The van der Waals surface area contributed by atoms with Crippen LogP contribution >= 0.6 is 0 Å². The van der Waals surface area contributed by atoms with E-state index in [0.29, 0.717) is 32.8 Å². The zero-order valence-electron chi connectivity index (χ0n) is 14.7. The molecule has 2 amide bonds. The zero-order chi connectivity index (χ0) is 16.9. The summed E-state index contributed by atoms with van der Waals surface area (Å²) < 4.78 is 10.8. The highest BCUT2D eigenvalue weighted by Crippen LogP contribution is 2.29. The van der Waals surface area contributed by atoms with Crippen LogP contribution in [0.2, 0.25) is 0 Å². The molecular formula is C18H30N2O4. The van der Waals surface area contributed by atoms with Gasteiger partial charge in [0.25, 0.3) is 0 Å². The molecule has 2 heterocycles. The van der Waals surface area contributed by atoms with Crippen molar-refractivity contribution in [1.82, 2.24) is 9.80 Å². The molecule has 3 aliphatic rings. The van der Waals surface area contributed by atoms with Gasteiger partial charge in [-0.15, -0.1) is 0 Å². The van der Waals surface area contributed by atoms with Crippen molar-refractivity contribution in [3.63, 3.8) is 0 Å². The lowest BCUT2D eigenvalue weighted by molar-refractivity contribution is -0.146. The Labute approximate surface area is 144 Å².